The average Bonchev–Trinajstić information content (AvgIpc) is 2.36. The molecular formula is C14H17F5O. The minimum absolute atomic E-state index is 0.212. The molecular weight excluding hydrogens is 279 g/mol. The molecule has 114 valence electrons. The molecule has 1 nitrogen and oxygen atoms in total. The molecule has 1 N–H and O–H groups in total. The van der Waals surface area contributed by atoms with Crippen LogP contribution in [0, 0.1) is 0 Å². The van der Waals surface area contributed by atoms with Gasteiger partial charge in [-0.2, -0.15) is 22.0 Å². The number of halogens is 5. The molecule has 1 aromatic rings. The Morgan fingerprint density at radius 1 is 1.00 bits per heavy atom. The van der Waals surface area contributed by atoms with Crippen molar-refractivity contribution in [3.05, 3.63) is 35.4 Å². The summed E-state index contributed by atoms with van der Waals surface area (Å²) in [5, 5.41) is 9.26. The van der Waals surface area contributed by atoms with Crippen LogP contribution in [0.4, 0.5) is 22.0 Å². The summed E-state index contributed by atoms with van der Waals surface area (Å²) < 4.78 is 62.6. The summed E-state index contributed by atoms with van der Waals surface area (Å²) in [4.78, 5) is 0. The van der Waals surface area contributed by atoms with Gasteiger partial charge in [-0.1, -0.05) is 45.0 Å². The Morgan fingerprint density at radius 3 is 1.80 bits per heavy atom. The van der Waals surface area contributed by atoms with E-state index in [2.05, 4.69) is 0 Å². The number of alkyl halides is 5. The molecule has 0 spiro atoms. The van der Waals surface area contributed by atoms with Gasteiger partial charge in [0.2, 0.25) is 0 Å². The lowest BCUT2D eigenvalue weighted by molar-refractivity contribution is -0.315. The van der Waals surface area contributed by atoms with Crippen molar-refractivity contribution < 1.29 is 27.1 Å². The molecule has 0 saturated carbocycles. The van der Waals surface area contributed by atoms with E-state index in [9.17, 15) is 27.1 Å². The summed E-state index contributed by atoms with van der Waals surface area (Å²) in [6.45, 7) is 5.81. The standard InChI is InChI=1S/C14H17F5O/c1-4-12(2,3)10-7-5-9(6-8-10)11(20)13(15,16)14(17,18)19/h5-8,11,20H,4H2,1-3H3. The van der Waals surface area contributed by atoms with Crippen LogP contribution >= 0.6 is 0 Å². The lowest BCUT2D eigenvalue weighted by Gasteiger charge is -2.26. The van der Waals surface area contributed by atoms with Crippen molar-refractivity contribution in [3.63, 3.8) is 0 Å². The molecule has 1 aromatic carbocycles. The van der Waals surface area contributed by atoms with Crippen molar-refractivity contribution in [2.75, 3.05) is 0 Å². The minimum atomic E-state index is -5.78. The topological polar surface area (TPSA) is 20.2 Å². The maximum Gasteiger partial charge on any atom is 0.456 e. The van der Waals surface area contributed by atoms with Crippen molar-refractivity contribution in [1.29, 1.82) is 0 Å². The van der Waals surface area contributed by atoms with Crippen LogP contribution in [-0.2, 0) is 5.41 Å². The molecule has 0 fully saturated rings. The zero-order valence-electron chi connectivity index (χ0n) is 11.4. The first kappa shape index (κ1) is 16.9. The van der Waals surface area contributed by atoms with Gasteiger partial charge in [0.25, 0.3) is 0 Å². The van der Waals surface area contributed by atoms with Crippen LogP contribution in [-0.4, -0.2) is 17.2 Å². The van der Waals surface area contributed by atoms with E-state index >= 15 is 0 Å². The average molecular weight is 296 g/mol. The molecule has 0 aliphatic rings. The predicted octanol–water partition coefficient (Wildman–Crippen LogP) is 4.61. The van der Waals surface area contributed by atoms with E-state index in [1.807, 2.05) is 20.8 Å². The second kappa shape index (κ2) is 5.31. The smallest absolute Gasteiger partial charge is 0.382 e. The predicted molar refractivity (Wildman–Crippen MR) is 65.7 cm³/mol. The monoisotopic (exact) mass is 296 g/mol. The third-order valence-corrected chi connectivity index (χ3v) is 3.61. The van der Waals surface area contributed by atoms with Crippen LogP contribution in [0.5, 0.6) is 0 Å². The molecule has 1 atom stereocenters. The fourth-order valence-electron chi connectivity index (χ4n) is 1.69. The summed E-state index contributed by atoms with van der Waals surface area (Å²) in [5.74, 6) is -5.17. The van der Waals surface area contributed by atoms with Crippen molar-refractivity contribution >= 4 is 0 Å². The van der Waals surface area contributed by atoms with E-state index in [0.717, 1.165) is 24.1 Å². The molecule has 0 aliphatic carbocycles. The molecule has 6 heteroatoms. The van der Waals surface area contributed by atoms with E-state index in [1.165, 1.54) is 12.1 Å². The molecule has 0 bridgehead atoms. The van der Waals surface area contributed by atoms with Gasteiger partial charge in [-0.15, -0.1) is 0 Å². The van der Waals surface area contributed by atoms with Gasteiger partial charge in [0.15, 0.2) is 6.10 Å². The molecule has 0 amide bonds. The Bertz CT molecular complexity index is 448. The highest BCUT2D eigenvalue weighted by Gasteiger charge is 2.62. The number of aliphatic hydroxyl groups is 1. The Morgan fingerprint density at radius 2 is 1.45 bits per heavy atom. The number of aliphatic hydroxyl groups excluding tert-OH is 1. The largest absolute Gasteiger partial charge is 0.456 e. The van der Waals surface area contributed by atoms with Gasteiger partial charge < -0.3 is 5.11 Å². The Balaban J connectivity index is 3.06. The molecule has 1 rings (SSSR count). The van der Waals surface area contributed by atoms with Gasteiger partial charge in [0, 0.05) is 0 Å². The molecule has 1 unspecified atom stereocenters. The van der Waals surface area contributed by atoms with Gasteiger partial charge in [-0.05, 0) is 23.0 Å². The first-order valence-corrected chi connectivity index (χ1v) is 6.16. The zero-order chi connectivity index (χ0) is 15.8. The maximum absolute atomic E-state index is 13.0. The Hall–Kier alpha value is -1.17. The van der Waals surface area contributed by atoms with E-state index < -0.39 is 23.8 Å². The Kier molecular flexibility index (Phi) is 4.49. The lowest BCUT2D eigenvalue weighted by Crippen LogP contribution is -2.42. The van der Waals surface area contributed by atoms with Crippen LogP contribution in [0.2, 0.25) is 0 Å². The van der Waals surface area contributed by atoms with Crippen molar-refractivity contribution in [2.45, 2.75) is 50.8 Å². The highest BCUT2D eigenvalue weighted by Crippen LogP contribution is 2.44. The van der Waals surface area contributed by atoms with E-state index in [1.54, 1.807) is 0 Å². The fourth-order valence-corrected chi connectivity index (χ4v) is 1.69. The zero-order valence-corrected chi connectivity index (χ0v) is 11.4. The third kappa shape index (κ3) is 3.11. The third-order valence-electron chi connectivity index (χ3n) is 3.61. The van der Waals surface area contributed by atoms with Crippen LogP contribution in [0.25, 0.3) is 0 Å². The highest BCUT2D eigenvalue weighted by molar-refractivity contribution is 5.30. The molecule has 20 heavy (non-hydrogen) atoms. The summed E-state index contributed by atoms with van der Waals surface area (Å²) in [6.07, 6.45) is -7.90. The van der Waals surface area contributed by atoms with Gasteiger partial charge in [0.05, 0.1) is 0 Å². The van der Waals surface area contributed by atoms with Crippen LogP contribution in [0.15, 0.2) is 24.3 Å². The van der Waals surface area contributed by atoms with Crippen molar-refractivity contribution in [3.8, 4) is 0 Å². The number of hydrogen-bond donors (Lipinski definition) is 1. The first-order chi connectivity index (χ1) is 8.93. The van der Waals surface area contributed by atoms with Gasteiger partial charge >= 0.3 is 12.1 Å². The minimum Gasteiger partial charge on any atom is -0.382 e. The summed E-state index contributed by atoms with van der Waals surface area (Å²) in [6, 6.07) is 5.15. The molecule has 0 aromatic heterocycles. The SMILES string of the molecule is CCC(C)(C)c1ccc(C(O)C(F)(F)C(F)(F)F)cc1. The van der Waals surface area contributed by atoms with Crippen molar-refractivity contribution in [2.24, 2.45) is 0 Å². The highest BCUT2D eigenvalue weighted by atomic mass is 19.4. The van der Waals surface area contributed by atoms with Crippen LogP contribution in [0.3, 0.4) is 0 Å². The summed E-state index contributed by atoms with van der Waals surface area (Å²) in [5.41, 5.74) is 0.144. The summed E-state index contributed by atoms with van der Waals surface area (Å²) >= 11 is 0. The summed E-state index contributed by atoms with van der Waals surface area (Å²) in [7, 11) is 0. The van der Waals surface area contributed by atoms with E-state index in [0.29, 0.717) is 0 Å². The Labute approximate surface area is 114 Å². The number of hydrogen-bond acceptors (Lipinski definition) is 1. The van der Waals surface area contributed by atoms with Crippen LogP contribution in [0.1, 0.15) is 44.4 Å². The van der Waals surface area contributed by atoms with Gasteiger partial charge in [0.1, 0.15) is 0 Å². The second-order valence-corrected chi connectivity index (χ2v) is 5.38. The molecule has 0 heterocycles. The van der Waals surface area contributed by atoms with E-state index in [4.69, 9.17) is 0 Å². The maximum atomic E-state index is 13.0. The van der Waals surface area contributed by atoms with E-state index in [-0.39, 0.29) is 5.41 Å². The van der Waals surface area contributed by atoms with Crippen LogP contribution < -0.4 is 0 Å². The number of benzene rings is 1. The quantitative estimate of drug-likeness (QED) is 0.805. The second-order valence-electron chi connectivity index (χ2n) is 5.38. The molecule has 0 aliphatic heterocycles. The number of rotatable bonds is 4. The van der Waals surface area contributed by atoms with Gasteiger partial charge in [-0.3, -0.25) is 0 Å². The first-order valence-electron chi connectivity index (χ1n) is 6.16. The fraction of sp³-hybridized carbons (Fsp3) is 0.571. The lowest BCUT2D eigenvalue weighted by atomic mass is 9.82. The molecule has 0 radical (unpaired) electrons. The van der Waals surface area contributed by atoms with Crippen molar-refractivity contribution in [1.82, 2.24) is 0 Å². The normalized spacial score (nSPS) is 15.2. The molecule has 0 saturated heterocycles. The van der Waals surface area contributed by atoms with Gasteiger partial charge in [-0.25, -0.2) is 0 Å².